The van der Waals surface area contributed by atoms with Gasteiger partial charge in [-0.05, 0) is 26.8 Å². The number of rotatable bonds is 6. The zero-order chi connectivity index (χ0) is 11.1. The zero-order valence-electron chi connectivity index (χ0n) is 9.53. The number of nitrogens with one attached hydrogen (secondary N) is 1. The fraction of sp³-hybridized carbons (Fsp3) is 0.583. The Labute approximate surface area is 91.9 Å². The molecule has 3 heteroatoms. The Hall–Kier alpha value is -1.27. The Balaban J connectivity index is 2.33. The van der Waals surface area contributed by atoms with Crippen LogP contribution in [0.4, 0.5) is 0 Å². The largest absolute Gasteiger partial charge is 0.310 e. The van der Waals surface area contributed by atoms with E-state index in [-0.39, 0.29) is 0 Å². The summed E-state index contributed by atoms with van der Waals surface area (Å²) in [6.07, 6.45) is 11.1. The van der Waals surface area contributed by atoms with Crippen LogP contribution in [0.3, 0.4) is 0 Å². The molecule has 0 fully saturated rings. The van der Waals surface area contributed by atoms with Crippen molar-refractivity contribution in [1.29, 1.82) is 0 Å². The third-order valence-electron chi connectivity index (χ3n) is 2.43. The highest BCUT2D eigenvalue weighted by molar-refractivity contribution is 5.09. The Bertz CT molecular complexity index is 322. The molecule has 1 N–H and O–H groups in total. The van der Waals surface area contributed by atoms with Crippen LogP contribution < -0.4 is 5.32 Å². The van der Waals surface area contributed by atoms with E-state index in [9.17, 15) is 0 Å². The fourth-order valence-corrected chi connectivity index (χ4v) is 1.40. The van der Waals surface area contributed by atoms with Gasteiger partial charge in [0.1, 0.15) is 0 Å². The van der Waals surface area contributed by atoms with Crippen molar-refractivity contribution in [3.8, 4) is 12.3 Å². The van der Waals surface area contributed by atoms with Crippen LogP contribution in [0.25, 0.3) is 0 Å². The summed E-state index contributed by atoms with van der Waals surface area (Å²) in [6, 6.07) is 0.350. The maximum Gasteiger partial charge on any atom is 0.0537 e. The van der Waals surface area contributed by atoms with Crippen molar-refractivity contribution in [3.05, 3.63) is 18.0 Å². The number of hydrogen-bond acceptors (Lipinski definition) is 2. The minimum Gasteiger partial charge on any atom is -0.310 e. The molecule has 1 aromatic rings. The number of nitrogens with zero attached hydrogens (tertiary/aromatic N) is 2. The van der Waals surface area contributed by atoms with E-state index in [1.165, 1.54) is 5.56 Å². The van der Waals surface area contributed by atoms with Gasteiger partial charge in [0, 0.05) is 30.8 Å². The van der Waals surface area contributed by atoms with Gasteiger partial charge in [0.2, 0.25) is 0 Å². The molecule has 0 amide bonds. The molecular weight excluding hydrogens is 186 g/mol. The zero-order valence-corrected chi connectivity index (χ0v) is 9.53. The lowest BCUT2D eigenvalue weighted by molar-refractivity contribution is 0.561. The molecule has 0 aliphatic rings. The second-order valence-corrected chi connectivity index (χ2v) is 3.61. The van der Waals surface area contributed by atoms with E-state index >= 15 is 0 Å². The van der Waals surface area contributed by atoms with Crippen LogP contribution in [-0.4, -0.2) is 16.3 Å². The molecule has 0 aromatic carbocycles. The minimum absolute atomic E-state index is 0.350. The van der Waals surface area contributed by atoms with Gasteiger partial charge in [0.25, 0.3) is 0 Å². The molecule has 1 rings (SSSR count). The van der Waals surface area contributed by atoms with E-state index in [0.29, 0.717) is 6.04 Å². The molecule has 1 aromatic heterocycles. The highest BCUT2D eigenvalue weighted by Gasteiger charge is 2.06. The monoisotopic (exact) mass is 205 g/mol. The SMILES string of the molecule is C#CCCCNC(C)c1cnn(CC)c1. The van der Waals surface area contributed by atoms with Crippen LogP contribution in [0.5, 0.6) is 0 Å². The van der Waals surface area contributed by atoms with Crippen molar-refractivity contribution in [2.24, 2.45) is 0 Å². The molecule has 1 atom stereocenters. The molecule has 3 nitrogen and oxygen atoms in total. The highest BCUT2D eigenvalue weighted by Crippen LogP contribution is 2.10. The van der Waals surface area contributed by atoms with E-state index in [4.69, 9.17) is 6.42 Å². The summed E-state index contributed by atoms with van der Waals surface area (Å²) in [5.41, 5.74) is 1.23. The maximum absolute atomic E-state index is 5.19. The van der Waals surface area contributed by atoms with Crippen LogP contribution in [0.15, 0.2) is 12.4 Å². The third-order valence-corrected chi connectivity index (χ3v) is 2.43. The number of aromatic nitrogens is 2. The molecule has 1 heterocycles. The van der Waals surface area contributed by atoms with Crippen LogP contribution in [0.2, 0.25) is 0 Å². The first-order valence-electron chi connectivity index (χ1n) is 5.47. The summed E-state index contributed by atoms with van der Waals surface area (Å²) in [4.78, 5) is 0. The van der Waals surface area contributed by atoms with Gasteiger partial charge in [-0.15, -0.1) is 12.3 Å². The molecule has 82 valence electrons. The normalized spacial score (nSPS) is 12.3. The third kappa shape index (κ3) is 3.77. The van der Waals surface area contributed by atoms with Crippen LogP contribution >= 0.6 is 0 Å². The predicted octanol–water partition coefficient (Wildman–Crippen LogP) is 1.97. The van der Waals surface area contributed by atoms with Crippen molar-refractivity contribution in [2.45, 2.75) is 39.3 Å². The first-order valence-corrected chi connectivity index (χ1v) is 5.47. The van der Waals surface area contributed by atoms with Gasteiger partial charge in [-0.3, -0.25) is 4.68 Å². The maximum atomic E-state index is 5.19. The molecule has 0 aliphatic carbocycles. The second kappa shape index (κ2) is 6.26. The van der Waals surface area contributed by atoms with Crippen molar-refractivity contribution in [1.82, 2.24) is 15.1 Å². The summed E-state index contributed by atoms with van der Waals surface area (Å²) < 4.78 is 1.94. The van der Waals surface area contributed by atoms with E-state index in [1.54, 1.807) is 0 Å². The Morgan fingerprint density at radius 3 is 3.07 bits per heavy atom. The van der Waals surface area contributed by atoms with Crippen molar-refractivity contribution >= 4 is 0 Å². The van der Waals surface area contributed by atoms with E-state index in [2.05, 4.69) is 36.4 Å². The smallest absolute Gasteiger partial charge is 0.0537 e. The quantitative estimate of drug-likeness (QED) is 0.568. The summed E-state index contributed by atoms with van der Waals surface area (Å²) in [5, 5.41) is 7.67. The lowest BCUT2D eigenvalue weighted by Gasteiger charge is -2.10. The Morgan fingerprint density at radius 2 is 2.47 bits per heavy atom. The molecule has 1 unspecified atom stereocenters. The van der Waals surface area contributed by atoms with Crippen molar-refractivity contribution < 1.29 is 0 Å². The highest BCUT2D eigenvalue weighted by atomic mass is 15.3. The van der Waals surface area contributed by atoms with E-state index in [1.807, 2.05) is 10.9 Å². The van der Waals surface area contributed by atoms with Crippen LogP contribution in [0, 0.1) is 12.3 Å². The fourth-order valence-electron chi connectivity index (χ4n) is 1.40. The lowest BCUT2D eigenvalue weighted by atomic mass is 10.2. The molecule has 0 saturated carbocycles. The Morgan fingerprint density at radius 1 is 1.67 bits per heavy atom. The van der Waals surface area contributed by atoms with Gasteiger partial charge >= 0.3 is 0 Å². The van der Waals surface area contributed by atoms with Gasteiger partial charge in [0.05, 0.1) is 6.20 Å². The van der Waals surface area contributed by atoms with E-state index < -0.39 is 0 Å². The number of terminal acetylenes is 1. The summed E-state index contributed by atoms with van der Waals surface area (Å²) in [5.74, 6) is 2.64. The lowest BCUT2D eigenvalue weighted by Crippen LogP contribution is -2.19. The molecule has 0 bridgehead atoms. The molecule has 0 aliphatic heterocycles. The van der Waals surface area contributed by atoms with Crippen LogP contribution in [-0.2, 0) is 6.54 Å². The van der Waals surface area contributed by atoms with E-state index in [0.717, 1.165) is 25.9 Å². The molecule has 0 spiro atoms. The average molecular weight is 205 g/mol. The van der Waals surface area contributed by atoms with Crippen LogP contribution in [0.1, 0.15) is 38.3 Å². The van der Waals surface area contributed by atoms with Gasteiger partial charge in [-0.2, -0.15) is 5.10 Å². The molecular formula is C12H19N3. The molecule has 15 heavy (non-hydrogen) atoms. The number of aryl methyl sites for hydroxylation is 1. The standard InChI is InChI=1S/C12H19N3/c1-4-6-7-8-13-11(3)12-9-14-15(5-2)10-12/h1,9-11,13H,5-8H2,2-3H3. The van der Waals surface area contributed by atoms with Gasteiger partial charge in [-0.1, -0.05) is 0 Å². The second-order valence-electron chi connectivity index (χ2n) is 3.61. The first kappa shape index (κ1) is 11.8. The van der Waals surface area contributed by atoms with Crippen molar-refractivity contribution in [2.75, 3.05) is 6.54 Å². The van der Waals surface area contributed by atoms with Gasteiger partial charge in [-0.25, -0.2) is 0 Å². The van der Waals surface area contributed by atoms with Crippen molar-refractivity contribution in [3.63, 3.8) is 0 Å². The molecule has 0 radical (unpaired) electrons. The molecule has 0 saturated heterocycles. The minimum atomic E-state index is 0.350. The summed E-state index contributed by atoms with van der Waals surface area (Å²) in [7, 11) is 0. The Kier molecular flexibility index (Phi) is 4.92. The average Bonchev–Trinajstić information content (AvgIpc) is 2.72. The summed E-state index contributed by atoms with van der Waals surface area (Å²) in [6.45, 7) is 6.11. The summed E-state index contributed by atoms with van der Waals surface area (Å²) >= 11 is 0. The topological polar surface area (TPSA) is 29.9 Å². The van der Waals surface area contributed by atoms with Gasteiger partial charge in [0.15, 0.2) is 0 Å². The number of hydrogen-bond donors (Lipinski definition) is 1. The van der Waals surface area contributed by atoms with Gasteiger partial charge < -0.3 is 5.32 Å². The first-order chi connectivity index (χ1) is 7.27. The predicted molar refractivity (Wildman–Crippen MR) is 62.4 cm³/mol. The number of unbranched alkanes of at least 4 members (excludes halogenated alkanes) is 1.